The largest absolute Gasteiger partial charge is 0.371 e. The van der Waals surface area contributed by atoms with Gasteiger partial charge in [0.05, 0.1) is 6.10 Å². The molecule has 0 unspecified atom stereocenters. The summed E-state index contributed by atoms with van der Waals surface area (Å²) in [6, 6.07) is 0. The highest BCUT2D eigenvalue weighted by molar-refractivity contribution is 5.50. The summed E-state index contributed by atoms with van der Waals surface area (Å²) in [6.45, 7) is 7.20. The molecule has 0 bridgehead atoms. The zero-order valence-corrected chi connectivity index (χ0v) is 9.58. The smallest absolute Gasteiger partial charge is 0.145 e. The third kappa shape index (κ3) is 3.41. The molecule has 0 N–H and O–H groups in total. The van der Waals surface area contributed by atoms with Gasteiger partial charge in [0.25, 0.3) is 0 Å². The molecular formula is C12H22O2. The maximum Gasteiger partial charge on any atom is 0.145 e. The lowest BCUT2D eigenvalue weighted by Crippen LogP contribution is -2.29. The van der Waals surface area contributed by atoms with Crippen molar-refractivity contribution in [3.05, 3.63) is 0 Å². The van der Waals surface area contributed by atoms with Gasteiger partial charge in [0.15, 0.2) is 0 Å². The van der Waals surface area contributed by atoms with Crippen LogP contribution in [0.25, 0.3) is 0 Å². The monoisotopic (exact) mass is 198 g/mol. The number of carbonyl (C=O) groups excluding carboxylic acids is 1. The second-order valence-corrected chi connectivity index (χ2v) is 5.34. The van der Waals surface area contributed by atoms with Gasteiger partial charge in [0, 0.05) is 0 Å². The maximum atomic E-state index is 10.1. The molecule has 82 valence electrons. The first-order valence-electron chi connectivity index (χ1n) is 5.59. The molecule has 1 aliphatic rings. The van der Waals surface area contributed by atoms with Crippen molar-refractivity contribution >= 4 is 6.29 Å². The molecule has 0 amide bonds. The van der Waals surface area contributed by atoms with Gasteiger partial charge in [-0.05, 0) is 37.0 Å². The van der Waals surface area contributed by atoms with E-state index in [1.807, 2.05) is 0 Å². The molecular weight excluding hydrogens is 176 g/mol. The second kappa shape index (κ2) is 4.92. The summed E-state index contributed by atoms with van der Waals surface area (Å²) < 4.78 is 5.43. The van der Waals surface area contributed by atoms with Crippen molar-refractivity contribution in [3.8, 4) is 0 Å². The summed E-state index contributed by atoms with van der Waals surface area (Å²) in [6.07, 6.45) is 5.90. The average molecular weight is 198 g/mol. The average Bonchev–Trinajstić information content (AvgIpc) is 2.14. The third-order valence-corrected chi connectivity index (χ3v) is 3.30. The zero-order valence-electron chi connectivity index (χ0n) is 9.58. The van der Waals surface area contributed by atoms with Crippen molar-refractivity contribution in [1.82, 2.24) is 0 Å². The molecule has 0 aromatic heterocycles. The molecule has 1 aliphatic carbocycles. The Morgan fingerprint density at radius 1 is 1.21 bits per heavy atom. The highest BCUT2D eigenvalue weighted by atomic mass is 16.5. The fraction of sp³-hybridized carbons (Fsp3) is 0.917. The van der Waals surface area contributed by atoms with Crippen molar-refractivity contribution in [3.63, 3.8) is 0 Å². The van der Waals surface area contributed by atoms with Crippen molar-refractivity contribution < 1.29 is 9.53 Å². The molecule has 1 fully saturated rings. The summed E-state index contributed by atoms with van der Waals surface area (Å²) in [5, 5.41) is 0. The standard InChI is InChI=1S/C12H22O2/c1-12(2,3)10-4-6-11(7-5-10)14-9-8-13/h8,10-11H,4-7,9H2,1-3H3. The van der Waals surface area contributed by atoms with E-state index in [0.717, 1.165) is 25.0 Å². The lowest BCUT2D eigenvalue weighted by Gasteiger charge is -2.36. The van der Waals surface area contributed by atoms with E-state index >= 15 is 0 Å². The maximum absolute atomic E-state index is 10.1. The number of ether oxygens (including phenoxy) is 1. The molecule has 2 nitrogen and oxygen atoms in total. The minimum absolute atomic E-state index is 0.269. The fourth-order valence-corrected chi connectivity index (χ4v) is 2.27. The summed E-state index contributed by atoms with van der Waals surface area (Å²) in [4.78, 5) is 10.1. The summed E-state index contributed by atoms with van der Waals surface area (Å²) in [7, 11) is 0. The Morgan fingerprint density at radius 2 is 1.79 bits per heavy atom. The van der Waals surface area contributed by atoms with Crippen LogP contribution in [0.3, 0.4) is 0 Å². The molecule has 0 atom stereocenters. The fourth-order valence-electron chi connectivity index (χ4n) is 2.27. The molecule has 0 radical (unpaired) electrons. The highest BCUT2D eigenvalue weighted by Gasteiger charge is 2.29. The Hall–Kier alpha value is -0.370. The van der Waals surface area contributed by atoms with E-state index in [9.17, 15) is 4.79 Å². The van der Waals surface area contributed by atoms with Gasteiger partial charge in [0.2, 0.25) is 0 Å². The van der Waals surface area contributed by atoms with E-state index in [1.165, 1.54) is 12.8 Å². The number of hydrogen-bond acceptors (Lipinski definition) is 2. The first-order valence-corrected chi connectivity index (χ1v) is 5.59. The van der Waals surface area contributed by atoms with Gasteiger partial charge in [-0.25, -0.2) is 0 Å². The minimum Gasteiger partial charge on any atom is -0.371 e. The Kier molecular flexibility index (Phi) is 4.11. The quantitative estimate of drug-likeness (QED) is 0.652. The van der Waals surface area contributed by atoms with Gasteiger partial charge in [-0.2, -0.15) is 0 Å². The molecule has 2 heteroatoms. The van der Waals surface area contributed by atoms with Crippen LogP contribution in [0.2, 0.25) is 0 Å². The van der Waals surface area contributed by atoms with Gasteiger partial charge in [-0.3, -0.25) is 0 Å². The first kappa shape index (κ1) is 11.7. The van der Waals surface area contributed by atoms with Crippen LogP contribution in [0.5, 0.6) is 0 Å². The molecule has 0 saturated heterocycles. The van der Waals surface area contributed by atoms with Gasteiger partial charge >= 0.3 is 0 Å². The van der Waals surface area contributed by atoms with Crippen LogP contribution in [0, 0.1) is 11.3 Å². The molecule has 0 spiro atoms. The van der Waals surface area contributed by atoms with E-state index in [2.05, 4.69) is 20.8 Å². The number of carbonyl (C=O) groups is 1. The van der Waals surface area contributed by atoms with Crippen molar-refractivity contribution in [2.24, 2.45) is 11.3 Å². The minimum atomic E-state index is 0.269. The van der Waals surface area contributed by atoms with E-state index in [-0.39, 0.29) is 6.61 Å². The molecule has 0 aromatic rings. The van der Waals surface area contributed by atoms with Crippen LogP contribution in [-0.2, 0) is 9.53 Å². The highest BCUT2D eigenvalue weighted by Crippen LogP contribution is 2.38. The Bertz CT molecular complexity index is 173. The Morgan fingerprint density at radius 3 is 2.21 bits per heavy atom. The SMILES string of the molecule is CC(C)(C)C1CCC(OCC=O)CC1. The molecule has 0 aliphatic heterocycles. The predicted molar refractivity (Wildman–Crippen MR) is 57.2 cm³/mol. The van der Waals surface area contributed by atoms with Crippen LogP contribution >= 0.6 is 0 Å². The molecule has 0 aromatic carbocycles. The molecule has 14 heavy (non-hydrogen) atoms. The van der Waals surface area contributed by atoms with Crippen LogP contribution in [-0.4, -0.2) is 19.0 Å². The summed E-state index contributed by atoms with van der Waals surface area (Å²) in [5.74, 6) is 0.818. The van der Waals surface area contributed by atoms with Crippen molar-refractivity contribution in [2.45, 2.75) is 52.6 Å². The number of hydrogen-bond donors (Lipinski definition) is 0. The Balaban J connectivity index is 2.27. The van der Waals surface area contributed by atoms with Crippen LogP contribution < -0.4 is 0 Å². The summed E-state index contributed by atoms with van der Waals surface area (Å²) in [5.41, 5.74) is 0.426. The van der Waals surface area contributed by atoms with E-state index in [4.69, 9.17) is 4.74 Å². The molecule has 1 rings (SSSR count). The van der Waals surface area contributed by atoms with Gasteiger partial charge in [-0.15, -0.1) is 0 Å². The molecule has 1 saturated carbocycles. The lowest BCUT2D eigenvalue weighted by molar-refractivity contribution is -0.114. The van der Waals surface area contributed by atoms with Crippen molar-refractivity contribution in [1.29, 1.82) is 0 Å². The van der Waals surface area contributed by atoms with E-state index in [1.54, 1.807) is 0 Å². The lowest BCUT2D eigenvalue weighted by atomic mass is 9.72. The predicted octanol–water partition coefficient (Wildman–Crippen LogP) is 2.81. The van der Waals surface area contributed by atoms with Crippen LogP contribution in [0.4, 0.5) is 0 Å². The van der Waals surface area contributed by atoms with Crippen LogP contribution in [0.1, 0.15) is 46.5 Å². The first-order chi connectivity index (χ1) is 6.54. The van der Waals surface area contributed by atoms with E-state index in [0.29, 0.717) is 11.5 Å². The third-order valence-electron chi connectivity index (χ3n) is 3.30. The number of rotatable bonds is 3. The second-order valence-electron chi connectivity index (χ2n) is 5.34. The Labute approximate surface area is 87.0 Å². The summed E-state index contributed by atoms with van der Waals surface area (Å²) >= 11 is 0. The normalized spacial score (nSPS) is 28.8. The molecule has 0 heterocycles. The number of aldehydes is 1. The van der Waals surface area contributed by atoms with Gasteiger partial charge < -0.3 is 9.53 Å². The van der Waals surface area contributed by atoms with Gasteiger partial charge in [-0.1, -0.05) is 20.8 Å². The van der Waals surface area contributed by atoms with Crippen molar-refractivity contribution in [2.75, 3.05) is 6.61 Å². The zero-order chi connectivity index (χ0) is 10.6. The van der Waals surface area contributed by atoms with Gasteiger partial charge in [0.1, 0.15) is 12.9 Å². The van der Waals surface area contributed by atoms with E-state index < -0.39 is 0 Å². The van der Waals surface area contributed by atoms with Crippen LogP contribution in [0.15, 0.2) is 0 Å². The topological polar surface area (TPSA) is 26.3 Å².